The fraction of sp³-hybridized carbons (Fsp3) is 0.290. The zero-order chi connectivity index (χ0) is 29.1. The molecule has 1 amide bonds. The molecule has 0 bridgehead atoms. The van der Waals surface area contributed by atoms with E-state index < -0.39 is 15.9 Å². The van der Waals surface area contributed by atoms with Gasteiger partial charge in [-0.05, 0) is 41.2 Å². The lowest BCUT2D eigenvalue weighted by molar-refractivity contribution is -0.116. The number of anilines is 1. The molecular formula is C31H35ClN4O3S. The Morgan fingerprint density at radius 3 is 2.20 bits per heavy atom. The molecule has 4 aromatic rings. The molecule has 0 saturated heterocycles. The minimum Gasteiger partial charge on any atom is -0.309 e. The van der Waals surface area contributed by atoms with Gasteiger partial charge in [0.1, 0.15) is 5.82 Å². The van der Waals surface area contributed by atoms with Crippen LogP contribution in [0.2, 0.25) is 5.02 Å². The van der Waals surface area contributed by atoms with Crippen molar-refractivity contribution in [1.29, 1.82) is 0 Å². The topological polar surface area (TPSA) is 84.3 Å². The second-order valence-corrected chi connectivity index (χ2v) is 13.5. The fourth-order valence-electron chi connectivity index (χ4n) is 4.30. The summed E-state index contributed by atoms with van der Waals surface area (Å²) in [5.41, 5.74) is 3.02. The predicted octanol–water partition coefficient (Wildman–Crippen LogP) is 6.78. The second kappa shape index (κ2) is 12.0. The van der Waals surface area contributed by atoms with Crippen LogP contribution in [-0.2, 0) is 20.2 Å². The van der Waals surface area contributed by atoms with Gasteiger partial charge in [-0.25, -0.2) is 13.1 Å². The number of carbonyl (C=O) groups excluding carboxylic acids is 1. The average molecular weight is 579 g/mol. The first-order chi connectivity index (χ1) is 18.9. The molecule has 0 aliphatic heterocycles. The summed E-state index contributed by atoms with van der Waals surface area (Å²) in [5.74, 6) is -0.0912. The highest BCUT2D eigenvalue weighted by molar-refractivity contribution is 7.89. The summed E-state index contributed by atoms with van der Waals surface area (Å²) in [7, 11) is -3.92. The molecule has 4 rings (SSSR count). The van der Waals surface area contributed by atoms with Crippen molar-refractivity contribution >= 4 is 33.3 Å². The SMILES string of the molecule is CC(C)CN(CC(=O)Nc1cc(-c2ccccc2)nn1-c1ccccc1Cl)S(=O)(=O)c1ccc(C(C)(C)C)cc1. The molecule has 0 unspecified atom stereocenters. The van der Waals surface area contributed by atoms with Crippen LogP contribution in [0.15, 0.2) is 89.8 Å². The van der Waals surface area contributed by atoms with Crippen LogP contribution in [0.1, 0.15) is 40.2 Å². The number of halogens is 1. The lowest BCUT2D eigenvalue weighted by Crippen LogP contribution is -2.40. The first-order valence-corrected chi connectivity index (χ1v) is 15.0. The molecule has 0 atom stereocenters. The molecule has 0 aliphatic carbocycles. The average Bonchev–Trinajstić information content (AvgIpc) is 3.31. The minimum absolute atomic E-state index is 0.00904. The van der Waals surface area contributed by atoms with Gasteiger partial charge in [0.15, 0.2) is 0 Å². The van der Waals surface area contributed by atoms with Crippen LogP contribution in [-0.4, -0.2) is 41.5 Å². The van der Waals surface area contributed by atoms with Crippen LogP contribution < -0.4 is 5.32 Å². The fourth-order valence-corrected chi connectivity index (χ4v) is 6.08. The van der Waals surface area contributed by atoms with E-state index in [1.165, 1.54) is 4.31 Å². The third-order valence-electron chi connectivity index (χ3n) is 6.37. The Morgan fingerprint density at radius 2 is 1.60 bits per heavy atom. The molecule has 0 fully saturated rings. The zero-order valence-corrected chi connectivity index (χ0v) is 25.0. The first-order valence-electron chi connectivity index (χ1n) is 13.2. The number of hydrogen-bond donors (Lipinski definition) is 1. The number of amides is 1. The number of para-hydroxylation sites is 1. The van der Waals surface area contributed by atoms with E-state index in [2.05, 4.69) is 26.1 Å². The Kier molecular flexibility index (Phi) is 8.83. The summed E-state index contributed by atoms with van der Waals surface area (Å²) in [6, 6.07) is 25.4. The van der Waals surface area contributed by atoms with Crippen LogP contribution in [0.3, 0.4) is 0 Å². The smallest absolute Gasteiger partial charge is 0.243 e. The van der Waals surface area contributed by atoms with Crippen molar-refractivity contribution in [2.24, 2.45) is 5.92 Å². The molecule has 40 heavy (non-hydrogen) atoms. The zero-order valence-electron chi connectivity index (χ0n) is 23.4. The number of aromatic nitrogens is 2. The first kappa shape index (κ1) is 29.5. The van der Waals surface area contributed by atoms with E-state index in [1.807, 2.05) is 68.4 Å². The Labute approximate surface area is 241 Å². The minimum atomic E-state index is -3.92. The van der Waals surface area contributed by atoms with Crippen LogP contribution >= 0.6 is 11.6 Å². The van der Waals surface area contributed by atoms with Crippen LogP contribution in [0.4, 0.5) is 5.82 Å². The molecule has 0 saturated carbocycles. The van der Waals surface area contributed by atoms with Crippen LogP contribution in [0.5, 0.6) is 0 Å². The lowest BCUT2D eigenvalue weighted by Gasteiger charge is -2.24. The number of benzene rings is 3. The molecule has 0 aliphatic rings. The van der Waals surface area contributed by atoms with Gasteiger partial charge in [0.05, 0.1) is 27.8 Å². The van der Waals surface area contributed by atoms with E-state index in [9.17, 15) is 13.2 Å². The van der Waals surface area contributed by atoms with Crippen molar-refractivity contribution in [3.63, 3.8) is 0 Å². The van der Waals surface area contributed by atoms with Gasteiger partial charge in [0.25, 0.3) is 0 Å². The highest BCUT2D eigenvalue weighted by atomic mass is 35.5. The van der Waals surface area contributed by atoms with E-state index in [0.29, 0.717) is 22.2 Å². The van der Waals surface area contributed by atoms with Crippen LogP contribution in [0.25, 0.3) is 16.9 Å². The van der Waals surface area contributed by atoms with Crippen molar-refractivity contribution in [3.8, 4) is 16.9 Å². The van der Waals surface area contributed by atoms with Gasteiger partial charge in [-0.2, -0.15) is 9.40 Å². The van der Waals surface area contributed by atoms with Crippen molar-refractivity contribution in [2.45, 2.75) is 44.9 Å². The van der Waals surface area contributed by atoms with Crippen molar-refractivity contribution in [1.82, 2.24) is 14.1 Å². The molecule has 1 N–H and O–H groups in total. The lowest BCUT2D eigenvalue weighted by atomic mass is 9.87. The van der Waals surface area contributed by atoms with Crippen molar-refractivity contribution in [3.05, 3.63) is 95.5 Å². The third-order valence-corrected chi connectivity index (χ3v) is 8.52. The van der Waals surface area contributed by atoms with E-state index in [0.717, 1.165) is 11.1 Å². The van der Waals surface area contributed by atoms with Crippen LogP contribution in [0, 0.1) is 5.92 Å². The Bertz CT molecular complexity index is 1580. The molecular weight excluding hydrogens is 544 g/mol. The maximum absolute atomic E-state index is 13.6. The maximum atomic E-state index is 13.6. The number of nitrogens with zero attached hydrogens (tertiary/aromatic N) is 3. The molecule has 0 radical (unpaired) electrons. The van der Waals surface area contributed by atoms with E-state index in [4.69, 9.17) is 16.7 Å². The third kappa shape index (κ3) is 6.81. The number of rotatable bonds is 9. The normalized spacial score (nSPS) is 12.2. The van der Waals surface area contributed by atoms with Gasteiger partial charge in [0.2, 0.25) is 15.9 Å². The number of carbonyl (C=O) groups is 1. The molecule has 0 spiro atoms. The standard InChI is InChI=1S/C31H35ClN4O3S/c1-22(2)20-35(40(38,39)25-17-15-24(16-18-25)31(3,4)5)21-30(37)33-29-19-27(23-11-7-6-8-12-23)34-36(29)28-14-10-9-13-26(28)32/h6-19,22H,20-21H2,1-5H3,(H,33,37). The molecule has 3 aromatic carbocycles. The molecule has 7 nitrogen and oxygen atoms in total. The molecule has 9 heteroatoms. The Morgan fingerprint density at radius 1 is 0.975 bits per heavy atom. The largest absolute Gasteiger partial charge is 0.309 e. The van der Waals surface area contributed by atoms with E-state index in [1.54, 1.807) is 35.0 Å². The van der Waals surface area contributed by atoms with E-state index >= 15 is 0 Å². The highest BCUT2D eigenvalue weighted by Crippen LogP contribution is 2.29. The van der Waals surface area contributed by atoms with Gasteiger partial charge in [-0.3, -0.25) is 4.79 Å². The number of hydrogen-bond acceptors (Lipinski definition) is 4. The summed E-state index contributed by atoms with van der Waals surface area (Å²) in [5, 5.41) is 8.04. The van der Waals surface area contributed by atoms with Gasteiger partial charge >= 0.3 is 0 Å². The highest BCUT2D eigenvalue weighted by Gasteiger charge is 2.28. The quantitative estimate of drug-likeness (QED) is 0.237. The van der Waals surface area contributed by atoms with Gasteiger partial charge in [-0.1, -0.05) is 101 Å². The summed E-state index contributed by atoms with van der Waals surface area (Å²) >= 11 is 6.47. The number of nitrogens with one attached hydrogen (secondary N) is 1. The van der Waals surface area contributed by atoms with Gasteiger partial charge in [0, 0.05) is 18.2 Å². The van der Waals surface area contributed by atoms with Crippen molar-refractivity contribution < 1.29 is 13.2 Å². The number of sulfonamides is 1. The molecule has 210 valence electrons. The second-order valence-electron chi connectivity index (χ2n) is 11.2. The Hall–Kier alpha value is -3.46. The Balaban J connectivity index is 1.64. The summed E-state index contributed by atoms with van der Waals surface area (Å²) in [6.07, 6.45) is 0. The maximum Gasteiger partial charge on any atom is 0.243 e. The van der Waals surface area contributed by atoms with Crippen molar-refractivity contribution in [2.75, 3.05) is 18.4 Å². The molecule has 1 heterocycles. The van der Waals surface area contributed by atoms with E-state index in [-0.39, 0.29) is 29.3 Å². The van der Waals surface area contributed by atoms with Gasteiger partial charge < -0.3 is 5.32 Å². The molecule has 1 aromatic heterocycles. The monoisotopic (exact) mass is 578 g/mol. The summed E-state index contributed by atoms with van der Waals surface area (Å²) in [4.78, 5) is 13.5. The summed E-state index contributed by atoms with van der Waals surface area (Å²) < 4.78 is 30.1. The van der Waals surface area contributed by atoms with Gasteiger partial charge in [-0.15, -0.1) is 0 Å². The summed E-state index contributed by atoms with van der Waals surface area (Å²) in [6.45, 7) is 9.89. The predicted molar refractivity (Wildman–Crippen MR) is 161 cm³/mol.